The highest BCUT2D eigenvalue weighted by atomic mass is 32.1. The Labute approximate surface area is 124 Å². The van der Waals surface area contributed by atoms with Crippen molar-refractivity contribution in [3.05, 3.63) is 47.5 Å². The SMILES string of the molecule is CCc1nnsc1C(=O)Nc1ccc(-n2cncn2)cc1. The predicted octanol–water partition coefficient (Wildman–Crippen LogP) is 1.93. The van der Waals surface area contributed by atoms with Gasteiger partial charge in [0.15, 0.2) is 0 Å². The van der Waals surface area contributed by atoms with E-state index in [1.54, 1.807) is 11.0 Å². The maximum atomic E-state index is 12.2. The van der Waals surface area contributed by atoms with Crippen LogP contribution < -0.4 is 5.32 Å². The van der Waals surface area contributed by atoms with Crippen molar-refractivity contribution in [1.29, 1.82) is 0 Å². The molecule has 2 aromatic heterocycles. The van der Waals surface area contributed by atoms with Crippen LogP contribution in [0.25, 0.3) is 5.69 Å². The van der Waals surface area contributed by atoms with Crippen LogP contribution in [0.1, 0.15) is 22.3 Å². The first kappa shape index (κ1) is 13.4. The molecule has 1 N–H and O–H groups in total. The lowest BCUT2D eigenvalue weighted by atomic mass is 10.2. The predicted molar refractivity (Wildman–Crippen MR) is 78.6 cm³/mol. The molecule has 21 heavy (non-hydrogen) atoms. The van der Waals surface area contributed by atoms with Gasteiger partial charge in [-0.05, 0) is 42.2 Å². The number of anilines is 1. The van der Waals surface area contributed by atoms with Gasteiger partial charge in [-0.2, -0.15) is 5.10 Å². The third-order valence-electron chi connectivity index (χ3n) is 2.91. The smallest absolute Gasteiger partial charge is 0.269 e. The van der Waals surface area contributed by atoms with E-state index in [1.807, 2.05) is 31.2 Å². The first-order valence-corrected chi connectivity index (χ1v) is 7.13. The van der Waals surface area contributed by atoms with Gasteiger partial charge in [0.2, 0.25) is 0 Å². The Hall–Kier alpha value is -2.61. The largest absolute Gasteiger partial charge is 0.321 e. The van der Waals surface area contributed by atoms with Gasteiger partial charge in [-0.1, -0.05) is 11.4 Å². The maximum Gasteiger partial charge on any atom is 0.269 e. The van der Waals surface area contributed by atoms with Gasteiger partial charge in [0.05, 0.1) is 11.4 Å². The van der Waals surface area contributed by atoms with Crippen LogP contribution in [0.3, 0.4) is 0 Å². The summed E-state index contributed by atoms with van der Waals surface area (Å²) in [5.41, 5.74) is 2.30. The summed E-state index contributed by atoms with van der Waals surface area (Å²) in [6.45, 7) is 1.94. The van der Waals surface area contributed by atoms with E-state index in [-0.39, 0.29) is 5.91 Å². The third-order valence-corrected chi connectivity index (χ3v) is 3.67. The number of amides is 1. The summed E-state index contributed by atoms with van der Waals surface area (Å²) >= 11 is 1.11. The van der Waals surface area contributed by atoms with Crippen molar-refractivity contribution in [3.8, 4) is 5.69 Å². The molecule has 3 rings (SSSR count). The molecular weight excluding hydrogens is 288 g/mol. The maximum absolute atomic E-state index is 12.2. The van der Waals surface area contributed by atoms with Crippen LogP contribution in [0.2, 0.25) is 0 Å². The lowest BCUT2D eigenvalue weighted by molar-refractivity contribution is 0.102. The summed E-state index contributed by atoms with van der Waals surface area (Å²) < 4.78 is 5.46. The van der Waals surface area contributed by atoms with Crippen molar-refractivity contribution in [1.82, 2.24) is 24.4 Å². The molecule has 0 aliphatic heterocycles. The molecule has 1 amide bonds. The molecule has 0 bridgehead atoms. The van der Waals surface area contributed by atoms with Crippen LogP contribution >= 0.6 is 11.5 Å². The molecule has 7 nitrogen and oxygen atoms in total. The first-order valence-electron chi connectivity index (χ1n) is 6.35. The quantitative estimate of drug-likeness (QED) is 0.795. The van der Waals surface area contributed by atoms with Gasteiger partial charge in [0.25, 0.3) is 5.91 Å². The highest BCUT2D eigenvalue weighted by Crippen LogP contribution is 2.16. The molecule has 3 aromatic rings. The number of nitrogens with one attached hydrogen (secondary N) is 1. The average molecular weight is 300 g/mol. The zero-order valence-corrected chi connectivity index (χ0v) is 12.0. The molecule has 0 saturated carbocycles. The molecular formula is C13H12N6OS. The molecule has 0 aliphatic rings. The van der Waals surface area contributed by atoms with E-state index >= 15 is 0 Å². The molecule has 0 spiro atoms. The summed E-state index contributed by atoms with van der Waals surface area (Å²) in [4.78, 5) is 16.6. The second-order valence-corrected chi connectivity index (χ2v) is 5.00. The van der Waals surface area contributed by atoms with Gasteiger partial charge in [-0.15, -0.1) is 5.10 Å². The van der Waals surface area contributed by atoms with Gasteiger partial charge in [-0.25, -0.2) is 9.67 Å². The van der Waals surface area contributed by atoms with E-state index in [0.717, 1.165) is 22.9 Å². The number of aryl methyl sites for hydroxylation is 1. The number of benzene rings is 1. The number of hydrogen-bond acceptors (Lipinski definition) is 6. The van der Waals surface area contributed by atoms with Crippen molar-refractivity contribution < 1.29 is 4.79 Å². The van der Waals surface area contributed by atoms with Crippen molar-refractivity contribution in [3.63, 3.8) is 0 Å². The molecule has 106 valence electrons. The van der Waals surface area contributed by atoms with Crippen LogP contribution in [0.5, 0.6) is 0 Å². The van der Waals surface area contributed by atoms with Crippen molar-refractivity contribution in [2.75, 3.05) is 5.32 Å². The third kappa shape index (κ3) is 2.79. The number of carbonyl (C=O) groups is 1. The molecule has 0 fully saturated rings. The number of hydrogen-bond donors (Lipinski definition) is 1. The Morgan fingerprint density at radius 2 is 2.14 bits per heavy atom. The fourth-order valence-corrected chi connectivity index (χ4v) is 2.48. The number of aromatic nitrogens is 5. The van der Waals surface area contributed by atoms with E-state index in [9.17, 15) is 4.79 Å². The molecule has 8 heteroatoms. The lowest BCUT2D eigenvalue weighted by Crippen LogP contribution is -2.12. The minimum atomic E-state index is -0.185. The van der Waals surface area contributed by atoms with Crippen LogP contribution in [-0.2, 0) is 6.42 Å². The fourth-order valence-electron chi connectivity index (χ4n) is 1.84. The van der Waals surface area contributed by atoms with Gasteiger partial charge in [-0.3, -0.25) is 4.79 Å². The average Bonchev–Trinajstić information content (AvgIpc) is 3.19. The Morgan fingerprint density at radius 3 is 2.81 bits per heavy atom. The molecule has 0 unspecified atom stereocenters. The topological polar surface area (TPSA) is 85.6 Å². The zero-order valence-electron chi connectivity index (χ0n) is 11.2. The molecule has 0 aliphatic carbocycles. The second-order valence-electron chi connectivity index (χ2n) is 4.24. The Bertz CT molecular complexity index is 734. The molecule has 0 saturated heterocycles. The normalized spacial score (nSPS) is 10.5. The Morgan fingerprint density at radius 1 is 1.33 bits per heavy atom. The minimum Gasteiger partial charge on any atom is -0.321 e. The summed E-state index contributed by atoms with van der Waals surface area (Å²) in [6, 6.07) is 7.34. The minimum absolute atomic E-state index is 0.185. The van der Waals surface area contributed by atoms with E-state index in [1.165, 1.54) is 6.33 Å². The summed E-state index contributed by atoms with van der Waals surface area (Å²) in [5, 5.41) is 10.8. The number of carbonyl (C=O) groups excluding carboxylic acids is 1. The molecule has 1 aromatic carbocycles. The standard InChI is InChI=1S/C13H12N6OS/c1-2-11-12(21-18-17-11)13(20)16-9-3-5-10(6-4-9)19-8-14-7-15-19/h3-8H,2H2,1H3,(H,16,20). The van der Waals surface area contributed by atoms with E-state index in [0.29, 0.717) is 17.0 Å². The second kappa shape index (κ2) is 5.80. The first-order chi connectivity index (χ1) is 10.3. The molecule has 0 atom stereocenters. The van der Waals surface area contributed by atoms with Crippen LogP contribution in [0, 0.1) is 0 Å². The fraction of sp³-hybridized carbons (Fsp3) is 0.154. The van der Waals surface area contributed by atoms with Crippen molar-refractivity contribution in [2.24, 2.45) is 0 Å². The van der Waals surface area contributed by atoms with Gasteiger partial charge >= 0.3 is 0 Å². The van der Waals surface area contributed by atoms with Crippen LogP contribution in [0.4, 0.5) is 5.69 Å². The van der Waals surface area contributed by atoms with Crippen molar-refractivity contribution in [2.45, 2.75) is 13.3 Å². The lowest BCUT2D eigenvalue weighted by Gasteiger charge is -2.05. The van der Waals surface area contributed by atoms with Gasteiger partial charge in [0.1, 0.15) is 17.5 Å². The van der Waals surface area contributed by atoms with Crippen LogP contribution in [0.15, 0.2) is 36.9 Å². The highest BCUT2D eigenvalue weighted by molar-refractivity contribution is 7.08. The van der Waals surface area contributed by atoms with Gasteiger partial charge < -0.3 is 5.32 Å². The Kier molecular flexibility index (Phi) is 3.69. The zero-order chi connectivity index (χ0) is 14.7. The van der Waals surface area contributed by atoms with Gasteiger partial charge in [0, 0.05) is 5.69 Å². The summed E-state index contributed by atoms with van der Waals surface area (Å²) in [7, 11) is 0. The van der Waals surface area contributed by atoms with E-state index < -0.39 is 0 Å². The number of rotatable bonds is 4. The highest BCUT2D eigenvalue weighted by Gasteiger charge is 2.15. The summed E-state index contributed by atoms with van der Waals surface area (Å²) in [6.07, 6.45) is 3.77. The van der Waals surface area contributed by atoms with Crippen molar-refractivity contribution >= 4 is 23.1 Å². The molecule has 0 radical (unpaired) electrons. The number of nitrogens with zero attached hydrogens (tertiary/aromatic N) is 5. The van der Waals surface area contributed by atoms with E-state index in [4.69, 9.17) is 0 Å². The monoisotopic (exact) mass is 300 g/mol. The van der Waals surface area contributed by atoms with E-state index in [2.05, 4.69) is 25.0 Å². The Balaban J connectivity index is 1.75. The summed E-state index contributed by atoms with van der Waals surface area (Å²) in [5.74, 6) is -0.185. The molecule has 2 heterocycles. The van der Waals surface area contributed by atoms with Crippen LogP contribution in [-0.4, -0.2) is 30.3 Å².